The molecule has 0 aromatic heterocycles. The van der Waals surface area contributed by atoms with E-state index < -0.39 is 11.8 Å². The number of ether oxygens (including phenoxy) is 2. The first-order chi connectivity index (χ1) is 13.7. The van der Waals surface area contributed by atoms with Gasteiger partial charge in [-0.1, -0.05) is 42.5 Å². The minimum atomic E-state index is -0.752. The highest BCUT2D eigenvalue weighted by Crippen LogP contribution is 2.16. The van der Waals surface area contributed by atoms with Gasteiger partial charge in [0, 0.05) is 6.42 Å². The first-order valence-corrected chi connectivity index (χ1v) is 9.69. The molecule has 0 aliphatic rings. The van der Waals surface area contributed by atoms with Crippen LogP contribution in [-0.4, -0.2) is 35.4 Å². The topological polar surface area (TPSA) is 84.9 Å². The Labute approximate surface area is 171 Å². The maximum atomic E-state index is 12.2. The van der Waals surface area contributed by atoms with Crippen molar-refractivity contribution in [2.75, 3.05) is 6.61 Å². The molecule has 1 atom stereocenters. The SMILES string of the molecule is CC(C)(C)OC(=O)Oc1ccc(CCC(=O)NC(CO)Cc2ccccc2)cc1. The maximum Gasteiger partial charge on any atom is 0.514 e. The number of aliphatic hydroxyl groups is 1. The molecule has 6 heteroatoms. The molecule has 0 heterocycles. The number of carbonyl (C=O) groups excluding carboxylic acids is 2. The molecule has 6 nitrogen and oxygen atoms in total. The Hall–Kier alpha value is -2.86. The third-order valence-electron chi connectivity index (χ3n) is 4.07. The normalized spacial score (nSPS) is 12.1. The molecule has 1 unspecified atom stereocenters. The van der Waals surface area contributed by atoms with E-state index in [1.807, 2.05) is 30.3 Å². The first kappa shape index (κ1) is 22.4. The lowest BCUT2D eigenvalue weighted by molar-refractivity contribution is -0.122. The second-order valence-corrected chi connectivity index (χ2v) is 7.85. The molecular formula is C23H29NO5. The standard InChI is InChI=1S/C23H29NO5/c1-23(2,3)29-22(27)28-20-12-9-17(10-13-20)11-14-21(26)24-19(16-25)15-18-7-5-4-6-8-18/h4-10,12-13,19,25H,11,14-16H2,1-3H3,(H,24,26). The summed E-state index contributed by atoms with van der Waals surface area (Å²) in [6.07, 6.45) is 0.678. The maximum absolute atomic E-state index is 12.2. The van der Waals surface area contributed by atoms with Gasteiger partial charge in [0.1, 0.15) is 11.4 Å². The average molecular weight is 399 g/mol. The predicted octanol–water partition coefficient (Wildman–Crippen LogP) is 3.65. The van der Waals surface area contributed by atoms with Crippen molar-refractivity contribution in [2.24, 2.45) is 0 Å². The third kappa shape index (κ3) is 8.79. The smallest absolute Gasteiger partial charge is 0.428 e. The monoisotopic (exact) mass is 399 g/mol. The molecule has 0 aliphatic carbocycles. The fourth-order valence-electron chi connectivity index (χ4n) is 2.71. The van der Waals surface area contributed by atoms with E-state index in [0.29, 0.717) is 25.0 Å². The van der Waals surface area contributed by atoms with Crippen molar-refractivity contribution in [1.29, 1.82) is 0 Å². The Morgan fingerprint density at radius 3 is 2.24 bits per heavy atom. The molecule has 0 fully saturated rings. The number of hydrogen-bond donors (Lipinski definition) is 2. The molecule has 2 aromatic rings. The number of nitrogens with one attached hydrogen (secondary N) is 1. The third-order valence-corrected chi connectivity index (χ3v) is 4.07. The Morgan fingerprint density at radius 2 is 1.66 bits per heavy atom. The van der Waals surface area contributed by atoms with Gasteiger partial charge in [0.25, 0.3) is 0 Å². The summed E-state index contributed by atoms with van der Waals surface area (Å²) < 4.78 is 10.2. The Kier molecular flexibility index (Phi) is 8.21. The van der Waals surface area contributed by atoms with Crippen molar-refractivity contribution in [3.8, 4) is 5.75 Å². The fraction of sp³-hybridized carbons (Fsp3) is 0.391. The van der Waals surface area contributed by atoms with Crippen LogP contribution in [0.25, 0.3) is 0 Å². The summed E-state index contributed by atoms with van der Waals surface area (Å²) >= 11 is 0. The Bertz CT molecular complexity index is 781. The summed E-state index contributed by atoms with van der Waals surface area (Å²) in [6, 6.07) is 16.4. The predicted molar refractivity (Wildman–Crippen MR) is 111 cm³/mol. The fourth-order valence-corrected chi connectivity index (χ4v) is 2.71. The van der Waals surface area contributed by atoms with Crippen molar-refractivity contribution < 1.29 is 24.2 Å². The van der Waals surface area contributed by atoms with E-state index in [0.717, 1.165) is 11.1 Å². The van der Waals surface area contributed by atoms with Crippen LogP contribution in [0.1, 0.15) is 38.3 Å². The van der Waals surface area contributed by atoms with Gasteiger partial charge < -0.3 is 19.9 Å². The van der Waals surface area contributed by atoms with Crippen molar-refractivity contribution in [3.05, 3.63) is 65.7 Å². The lowest BCUT2D eigenvalue weighted by Crippen LogP contribution is -2.39. The molecule has 0 saturated carbocycles. The van der Waals surface area contributed by atoms with E-state index >= 15 is 0 Å². The van der Waals surface area contributed by atoms with Crippen LogP contribution in [0.15, 0.2) is 54.6 Å². The van der Waals surface area contributed by atoms with E-state index in [-0.39, 0.29) is 18.6 Å². The number of aliphatic hydroxyl groups excluding tert-OH is 1. The highest BCUT2D eigenvalue weighted by Gasteiger charge is 2.18. The van der Waals surface area contributed by atoms with Crippen LogP contribution in [-0.2, 0) is 22.4 Å². The lowest BCUT2D eigenvalue weighted by Gasteiger charge is -2.18. The Balaban J connectivity index is 1.78. The summed E-state index contributed by atoms with van der Waals surface area (Å²) in [5.41, 5.74) is 1.39. The minimum absolute atomic E-state index is 0.114. The number of carbonyl (C=O) groups is 2. The molecule has 2 aromatic carbocycles. The van der Waals surface area contributed by atoms with Crippen LogP contribution in [0, 0.1) is 0 Å². The summed E-state index contributed by atoms with van der Waals surface area (Å²) in [7, 11) is 0. The molecular weight excluding hydrogens is 370 g/mol. The number of rotatable bonds is 8. The highest BCUT2D eigenvalue weighted by atomic mass is 16.7. The van der Waals surface area contributed by atoms with Crippen molar-refractivity contribution in [1.82, 2.24) is 5.32 Å². The van der Waals surface area contributed by atoms with Crippen molar-refractivity contribution in [2.45, 2.75) is 51.7 Å². The van der Waals surface area contributed by atoms with Crippen LogP contribution in [0.2, 0.25) is 0 Å². The number of hydrogen-bond acceptors (Lipinski definition) is 5. The van der Waals surface area contributed by atoms with Gasteiger partial charge in [0.2, 0.25) is 5.91 Å². The van der Waals surface area contributed by atoms with E-state index in [1.165, 1.54) is 0 Å². The summed E-state index contributed by atoms with van der Waals surface area (Å²) in [6.45, 7) is 5.19. The zero-order valence-electron chi connectivity index (χ0n) is 17.2. The van der Waals surface area contributed by atoms with Crippen LogP contribution in [0.3, 0.4) is 0 Å². The van der Waals surface area contributed by atoms with Gasteiger partial charge in [0.05, 0.1) is 12.6 Å². The average Bonchev–Trinajstić information content (AvgIpc) is 2.66. The quantitative estimate of drug-likeness (QED) is 0.523. The second kappa shape index (κ2) is 10.6. The van der Waals surface area contributed by atoms with Gasteiger partial charge in [0.15, 0.2) is 0 Å². The molecule has 0 saturated heterocycles. The van der Waals surface area contributed by atoms with E-state index in [1.54, 1.807) is 45.0 Å². The van der Waals surface area contributed by atoms with Crippen molar-refractivity contribution in [3.63, 3.8) is 0 Å². The zero-order valence-corrected chi connectivity index (χ0v) is 17.2. The molecule has 0 spiro atoms. The van der Waals surface area contributed by atoms with Crippen LogP contribution in [0.4, 0.5) is 4.79 Å². The number of benzene rings is 2. The summed E-state index contributed by atoms with van der Waals surface area (Å²) in [4.78, 5) is 23.9. The van der Waals surface area contributed by atoms with E-state index in [9.17, 15) is 14.7 Å². The second-order valence-electron chi connectivity index (χ2n) is 7.85. The van der Waals surface area contributed by atoms with E-state index in [4.69, 9.17) is 9.47 Å². The van der Waals surface area contributed by atoms with Gasteiger partial charge >= 0.3 is 6.16 Å². The van der Waals surface area contributed by atoms with Crippen molar-refractivity contribution >= 4 is 12.1 Å². The summed E-state index contributed by atoms with van der Waals surface area (Å²) in [5, 5.41) is 12.4. The van der Waals surface area contributed by atoms with E-state index in [2.05, 4.69) is 5.32 Å². The molecule has 0 radical (unpaired) electrons. The molecule has 0 bridgehead atoms. The molecule has 2 N–H and O–H groups in total. The summed E-state index contributed by atoms with van der Waals surface area (Å²) in [5.74, 6) is 0.268. The van der Waals surface area contributed by atoms with Crippen LogP contribution in [0.5, 0.6) is 5.75 Å². The van der Waals surface area contributed by atoms with Crippen LogP contribution >= 0.6 is 0 Å². The van der Waals surface area contributed by atoms with Gasteiger partial charge in [-0.2, -0.15) is 0 Å². The highest BCUT2D eigenvalue weighted by molar-refractivity contribution is 5.76. The lowest BCUT2D eigenvalue weighted by atomic mass is 10.1. The van der Waals surface area contributed by atoms with Gasteiger partial charge in [-0.25, -0.2) is 4.79 Å². The molecule has 1 amide bonds. The minimum Gasteiger partial charge on any atom is -0.428 e. The molecule has 156 valence electrons. The molecule has 0 aliphatic heterocycles. The van der Waals surface area contributed by atoms with Gasteiger partial charge in [-0.05, 0) is 56.9 Å². The molecule has 2 rings (SSSR count). The van der Waals surface area contributed by atoms with Gasteiger partial charge in [-0.15, -0.1) is 0 Å². The number of amides is 1. The first-order valence-electron chi connectivity index (χ1n) is 9.69. The number of aryl methyl sites for hydroxylation is 1. The molecule has 29 heavy (non-hydrogen) atoms. The zero-order chi connectivity index (χ0) is 21.3. The largest absolute Gasteiger partial charge is 0.514 e. The van der Waals surface area contributed by atoms with Crippen LogP contribution < -0.4 is 10.1 Å². The van der Waals surface area contributed by atoms with Gasteiger partial charge in [-0.3, -0.25) is 4.79 Å². The Morgan fingerprint density at radius 1 is 1.00 bits per heavy atom.